The molecule has 19 heavy (non-hydrogen) atoms. The Hall–Kier alpha value is -0.900. The van der Waals surface area contributed by atoms with Crippen molar-refractivity contribution in [1.29, 1.82) is 0 Å². The number of hydrogen-bond acceptors (Lipinski definition) is 1. The summed E-state index contributed by atoms with van der Waals surface area (Å²) in [5.74, 6) is -0.339. The van der Waals surface area contributed by atoms with E-state index in [9.17, 15) is 4.39 Å². The van der Waals surface area contributed by atoms with Crippen molar-refractivity contribution >= 4 is 27.5 Å². The predicted molar refractivity (Wildman–Crippen MR) is 80.8 cm³/mol. The Bertz CT molecular complexity index is 598. The Kier molecular flexibility index (Phi) is 4.29. The minimum atomic E-state index is -0.582. The Morgan fingerprint density at radius 2 is 1.95 bits per heavy atom. The van der Waals surface area contributed by atoms with Crippen molar-refractivity contribution in [2.75, 3.05) is 0 Å². The molecule has 0 saturated heterocycles. The molecule has 4 heteroatoms. The first-order chi connectivity index (χ1) is 8.90. The highest BCUT2D eigenvalue weighted by Crippen LogP contribution is 2.31. The number of rotatable bonds is 3. The maximum atomic E-state index is 13.0. The van der Waals surface area contributed by atoms with Gasteiger partial charge in [0.2, 0.25) is 0 Å². The minimum absolute atomic E-state index is 0.339. The smallest absolute Gasteiger partial charge is 0.124 e. The molecule has 1 nitrogen and oxygen atoms in total. The van der Waals surface area contributed by atoms with E-state index >= 15 is 0 Å². The second-order valence-electron chi connectivity index (χ2n) is 4.81. The highest BCUT2D eigenvalue weighted by atomic mass is 79.9. The van der Waals surface area contributed by atoms with Crippen LogP contribution >= 0.6 is 27.5 Å². The Labute approximate surface area is 125 Å². The Balaban J connectivity index is 2.33. The van der Waals surface area contributed by atoms with Crippen molar-refractivity contribution in [2.45, 2.75) is 18.9 Å². The molecule has 0 aliphatic heterocycles. The number of benzene rings is 2. The van der Waals surface area contributed by atoms with E-state index in [-0.39, 0.29) is 5.82 Å². The third-order valence-electron chi connectivity index (χ3n) is 3.06. The van der Waals surface area contributed by atoms with Crippen molar-refractivity contribution in [2.24, 2.45) is 5.73 Å². The molecule has 1 atom stereocenters. The normalized spacial score (nSPS) is 14.2. The van der Waals surface area contributed by atoms with Gasteiger partial charge in [0, 0.05) is 15.0 Å². The molecule has 2 aromatic carbocycles. The van der Waals surface area contributed by atoms with E-state index in [0.29, 0.717) is 11.4 Å². The molecule has 0 saturated carbocycles. The van der Waals surface area contributed by atoms with Gasteiger partial charge in [0.05, 0.1) is 0 Å². The molecule has 0 spiro atoms. The second-order valence-corrected chi connectivity index (χ2v) is 6.07. The van der Waals surface area contributed by atoms with Gasteiger partial charge in [-0.05, 0) is 42.7 Å². The van der Waals surface area contributed by atoms with Crippen molar-refractivity contribution in [3.8, 4) is 0 Å². The fraction of sp³-hybridized carbons (Fsp3) is 0.200. The first-order valence-electron chi connectivity index (χ1n) is 5.88. The van der Waals surface area contributed by atoms with Gasteiger partial charge in [-0.25, -0.2) is 4.39 Å². The van der Waals surface area contributed by atoms with E-state index < -0.39 is 5.54 Å². The molecule has 2 aromatic rings. The molecule has 0 bridgehead atoms. The van der Waals surface area contributed by atoms with E-state index in [4.69, 9.17) is 17.3 Å². The van der Waals surface area contributed by atoms with Crippen molar-refractivity contribution < 1.29 is 4.39 Å². The van der Waals surface area contributed by atoms with E-state index in [1.54, 1.807) is 6.07 Å². The molecule has 2 rings (SSSR count). The summed E-state index contributed by atoms with van der Waals surface area (Å²) in [7, 11) is 0. The van der Waals surface area contributed by atoms with Crippen LogP contribution in [-0.2, 0) is 12.0 Å². The second kappa shape index (κ2) is 5.61. The van der Waals surface area contributed by atoms with E-state index in [0.717, 1.165) is 15.6 Å². The third kappa shape index (κ3) is 3.35. The molecule has 2 N–H and O–H groups in total. The van der Waals surface area contributed by atoms with Gasteiger partial charge in [0.25, 0.3) is 0 Å². The van der Waals surface area contributed by atoms with Crippen LogP contribution in [0, 0.1) is 5.82 Å². The number of nitrogens with two attached hydrogens (primary N) is 1. The predicted octanol–water partition coefficient (Wildman–Crippen LogP) is 4.66. The van der Waals surface area contributed by atoms with Crippen LogP contribution in [0.3, 0.4) is 0 Å². The van der Waals surface area contributed by atoms with Crippen molar-refractivity contribution in [3.63, 3.8) is 0 Å². The first-order valence-corrected chi connectivity index (χ1v) is 7.05. The molecule has 0 aliphatic carbocycles. The van der Waals surface area contributed by atoms with Gasteiger partial charge in [-0.2, -0.15) is 0 Å². The van der Waals surface area contributed by atoms with Gasteiger partial charge in [-0.3, -0.25) is 0 Å². The molecule has 0 aliphatic rings. The average Bonchev–Trinajstić information content (AvgIpc) is 2.33. The van der Waals surface area contributed by atoms with Gasteiger partial charge in [0.1, 0.15) is 5.82 Å². The Morgan fingerprint density at radius 1 is 1.26 bits per heavy atom. The van der Waals surface area contributed by atoms with Gasteiger partial charge >= 0.3 is 0 Å². The van der Waals surface area contributed by atoms with Crippen molar-refractivity contribution in [3.05, 3.63) is 68.9 Å². The highest BCUT2D eigenvalue weighted by molar-refractivity contribution is 9.10. The molecular weight excluding hydrogens is 329 g/mol. The zero-order valence-corrected chi connectivity index (χ0v) is 12.8. The van der Waals surface area contributed by atoms with Gasteiger partial charge in [0.15, 0.2) is 0 Å². The standard InChI is InChI=1S/C15H14BrClFN/c1-15(19,12-4-2-3-5-13(12)16)9-10-6-7-11(18)8-14(10)17/h2-8H,9,19H2,1H3. The molecule has 0 radical (unpaired) electrons. The zero-order valence-electron chi connectivity index (χ0n) is 10.5. The zero-order chi connectivity index (χ0) is 14.0. The minimum Gasteiger partial charge on any atom is -0.321 e. The summed E-state index contributed by atoms with van der Waals surface area (Å²) in [4.78, 5) is 0. The summed E-state index contributed by atoms with van der Waals surface area (Å²) in [6, 6.07) is 12.2. The average molecular weight is 343 g/mol. The lowest BCUT2D eigenvalue weighted by molar-refractivity contribution is 0.488. The number of hydrogen-bond donors (Lipinski definition) is 1. The number of halogens is 3. The molecule has 100 valence electrons. The largest absolute Gasteiger partial charge is 0.321 e. The molecular formula is C15H14BrClFN. The third-order valence-corrected chi connectivity index (χ3v) is 4.11. The maximum Gasteiger partial charge on any atom is 0.124 e. The summed E-state index contributed by atoms with van der Waals surface area (Å²) in [5.41, 5.74) is 7.65. The SMILES string of the molecule is CC(N)(Cc1ccc(F)cc1Cl)c1ccccc1Br. The van der Waals surface area contributed by atoms with E-state index in [1.807, 2.05) is 31.2 Å². The summed E-state index contributed by atoms with van der Waals surface area (Å²) >= 11 is 9.56. The Morgan fingerprint density at radius 3 is 2.58 bits per heavy atom. The van der Waals surface area contributed by atoms with Gasteiger partial charge in [-0.15, -0.1) is 0 Å². The molecule has 1 unspecified atom stereocenters. The molecule has 0 aromatic heterocycles. The highest BCUT2D eigenvalue weighted by Gasteiger charge is 2.24. The summed E-state index contributed by atoms with van der Waals surface area (Å²) in [6.07, 6.45) is 0.536. The first kappa shape index (κ1) is 14.5. The summed E-state index contributed by atoms with van der Waals surface area (Å²) in [6.45, 7) is 1.94. The van der Waals surface area contributed by atoms with Crippen molar-refractivity contribution in [1.82, 2.24) is 0 Å². The van der Waals surface area contributed by atoms with Crippen LogP contribution in [-0.4, -0.2) is 0 Å². The lowest BCUT2D eigenvalue weighted by Gasteiger charge is -2.27. The fourth-order valence-corrected chi connectivity index (χ4v) is 3.05. The summed E-state index contributed by atoms with van der Waals surface area (Å²) in [5, 5.41) is 0.406. The van der Waals surface area contributed by atoms with Crippen LogP contribution in [0.4, 0.5) is 4.39 Å². The van der Waals surface area contributed by atoms with Crippen LogP contribution < -0.4 is 5.73 Å². The molecule has 0 amide bonds. The van der Waals surface area contributed by atoms with E-state index in [1.165, 1.54) is 12.1 Å². The quantitative estimate of drug-likeness (QED) is 0.862. The van der Waals surface area contributed by atoms with Crippen LogP contribution in [0.2, 0.25) is 5.02 Å². The van der Waals surface area contributed by atoms with Crippen LogP contribution in [0.25, 0.3) is 0 Å². The van der Waals surface area contributed by atoms with E-state index in [2.05, 4.69) is 15.9 Å². The lowest BCUT2D eigenvalue weighted by Crippen LogP contribution is -2.36. The molecule has 0 fully saturated rings. The maximum absolute atomic E-state index is 13.0. The summed E-state index contributed by atoms with van der Waals surface area (Å²) < 4.78 is 14.0. The van der Waals surface area contributed by atoms with Crippen LogP contribution in [0.1, 0.15) is 18.1 Å². The lowest BCUT2D eigenvalue weighted by atomic mass is 9.86. The topological polar surface area (TPSA) is 26.0 Å². The fourth-order valence-electron chi connectivity index (χ4n) is 2.08. The van der Waals surface area contributed by atoms with Crippen LogP contribution in [0.5, 0.6) is 0 Å². The van der Waals surface area contributed by atoms with Crippen LogP contribution in [0.15, 0.2) is 46.9 Å². The van der Waals surface area contributed by atoms with Gasteiger partial charge in [-0.1, -0.05) is 51.8 Å². The van der Waals surface area contributed by atoms with Gasteiger partial charge < -0.3 is 5.73 Å². The molecule has 0 heterocycles. The monoisotopic (exact) mass is 341 g/mol.